The van der Waals surface area contributed by atoms with Crippen LogP contribution < -0.4 is 10.6 Å². The van der Waals surface area contributed by atoms with E-state index in [0.717, 1.165) is 18.5 Å². The van der Waals surface area contributed by atoms with Gasteiger partial charge in [0.1, 0.15) is 0 Å². The van der Waals surface area contributed by atoms with E-state index < -0.39 is 0 Å². The fraction of sp³-hybridized carbons (Fsp3) is 0.273. The molecule has 0 bridgehead atoms. The molecular formula is C22H25N3O2. The first kappa shape index (κ1) is 18.7. The van der Waals surface area contributed by atoms with Crippen molar-refractivity contribution in [3.63, 3.8) is 0 Å². The molecule has 0 saturated carbocycles. The molecule has 0 saturated heterocycles. The Balaban J connectivity index is 1.33. The molecule has 0 atom stereocenters. The third-order valence-corrected chi connectivity index (χ3v) is 4.50. The second-order valence-corrected chi connectivity index (χ2v) is 6.65. The lowest BCUT2D eigenvalue weighted by Crippen LogP contribution is -2.31. The van der Waals surface area contributed by atoms with Crippen molar-refractivity contribution in [1.82, 2.24) is 15.2 Å². The number of aryl methyl sites for hydroxylation is 2. The SMILES string of the molecule is Cc1cccc(C(=O)NCCC(=O)NCCCn2ccc3ccccc32)c1. The molecule has 1 heterocycles. The van der Waals surface area contributed by atoms with Gasteiger partial charge < -0.3 is 15.2 Å². The van der Waals surface area contributed by atoms with E-state index in [1.54, 1.807) is 6.07 Å². The lowest BCUT2D eigenvalue weighted by atomic mass is 10.1. The predicted octanol–water partition coefficient (Wildman–Crippen LogP) is 3.28. The zero-order valence-corrected chi connectivity index (χ0v) is 15.6. The largest absolute Gasteiger partial charge is 0.356 e. The lowest BCUT2D eigenvalue weighted by Gasteiger charge is -2.08. The van der Waals surface area contributed by atoms with E-state index in [1.165, 1.54) is 10.9 Å². The summed E-state index contributed by atoms with van der Waals surface area (Å²) in [6.07, 6.45) is 3.22. The van der Waals surface area contributed by atoms with Crippen molar-refractivity contribution < 1.29 is 9.59 Å². The van der Waals surface area contributed by atoms with E-state index >= 15 is 0 Å². The molecule has 5 heteroatoms. The molecule has 2 N–H and O–H groups in total. The number of benzene rings is 2. The van der Waals surface area contributed by atoms with Gasteiger partial charge in [0, 0.05) is 43.3 Å². The summed E-state index contributed by atoms with van der Waals surface area (Å²) in [5.74, 6) is -0.192. The number of hydrogen-bond acceptors (Lipinski definition) is 2. The molecule has 0 unspecified atom stereocenters. The second kappa shape index (κ2) is 9.03. The monoisotopic (exact) mass is 363 g/mol. The van der Waals surface area contributed by atoms with Gasteiger partial charge in [0.2, 0.25) is 5.91 Å². The van der Waals surface area contributed by atoms with Gasteiger partial charge in [0.15, 0.2) is 0 Å². The highest BCUT2D eigenvalue weighted by Crippen LogP contribution is 2.15. The topological polar surface area (TPSA) is 63.1 Å². The highest BCUT2D eigenvalue weighted by molar-refractivity contribution is 5.94. The Morgan fingerprint density at radius 2 is 1.81 bits per heavy atom. The van der Waals surface area contributed by atoms with Gasteiger partial charge in [-0.25, -0.2) is 0 Å². The van der Waals surface area contributed by atoms with Crippen LogP contribution in [0.15, 0.2) is 60.8 Å². The van der Waals surface area contributed by atoms with E-state index in [2.05, 4.69) is 39.6 Å². The Morgan fingerprint density at radius 3 is 2.67 bits per heavy atom. The van der Waals surface area contributed by atoms with Crippen LogP contribution in [0.2, 0.25) is 0 Å². The Morgan fingerprint density at radius 1 is 0.963 bits per heavy atom. The molecule has 140 valence electrons. The van der Waals surface area contributed by atoms with Gasteiger partial charge in [0.25, 0.3) is 5.91 Å². The molecule has 0 fully saturated rings. The van der Waals surface area contributed by atoms with Crippen molar-refractivity contribution >= 4 is 22.7 Å². The molecule has 0 aliphatic carbocycles. The van der Waals surface area contributed by atoms with Crippen LogP contribution >= 0.6 is 0 Å². The fourth-order valence-electron chi connectivity index (χ4n) is 3.08. The molecule has 2 amide bonds. The molecule has 27 heavy (non-hydrogen) atoms. The third-order valence-electron chi connectivity index (χ3n) is 4.50. The average molecular weight is 363 g/mol. The Bertz CT molecular complexity index is 930. The normalized spacial score (nSPS) is 10.7. The quantitative estimate of drug-likeness (QED) is 0.603. The molecule has 0 radical (unpaired) electrons. The van der Waals surface area contributed by atoms with E-state index in [0.29, 0.717) is 18.7 Å². The maximum Gasteiger partial charge on any atom is 0.251 e. The van der Waals surface area contributed by atoms with Crippen LogP contribution in [0, 0.1) is 6.92 Å². The van der Waals surface area contributed by atoms with Gasteiger partial charge in [-0.1, -0.05) is 35.9 Å². The minimum absolute atomic E-state index is 0.0445. The van der Waals surface area contributed by atoms with Crippen LogP contribution in [0.3, 0.4) is 0 Å². The number of hydrogen-bond donors (Lipinski definition) is 2. The molecule has 3 aromatic rings. The Kier molecular flexibility index (Phi) is 6.26. The van der Waals surface area contributed by atoms with Crippen molar-refractivity contribution in [3.05, 3.63) is 71.9 Å². The molecule has 2 aromatic carbocycles. The number of nitrogens with zero attached hydrogens (tertiary/aromatic N) is 1. The second-order valence-electron chi connectivity index (χ2n) is 6.65. The van der Waals surface area contributed by atoms with Crippen LogP contribution in [0.5, 0.6) is 0 Å². The summed E-state index contributed by atoms with van der Waals surface area (Å²) < 4.78 is 2.20. The van der Waals surface area contributed by atoms with Crippen LogP contribution in [0.1, 0.15) is 28.8 Å². The van der Waals surface area contributed by atoms with Crippen LogP contribution in [-0.4, -0.2) is 29.5 Å². The van der Waals surface area contributed by atoms with Crippen molar-refractivity contribution in [2.45, 2.75) is 26.3 Å². The number of fused-ring (bicyclic) bond motifs is 1. The highest BCUT2D eigenvalue weighted by atomic mass is 16.2. The van der Waals surface area contributed by atoms with Crippen molar-refractivity contribution in [2.75, 3.05) is 13.1 Å². The minimum Gasteiger partial charge on any atom is -0.356 e. The van der Waals surface area contributed by atoms with Crippen molar-refractivity contribution in [2.24, 2.45) is 0 Å². The zero-order valence-electron chi connectivity index (χ0n) is 15.6. The number of aromatic nitrogens is 1. The molecular weight excluding hydrogens is 338 g/mol. The van der Waals surface area contributed by atoms with Crippen LogP contribution in [0.4, 0.5) is 0 Å². The number of amides is 2. The van der Waals surface area contributed by atoms with E-state index in [9.17, 15) is 9.59 Å². The molecule has 0 spiro atoms. The van der Waals surface area contributed by atoms with Gasteiger partial charge >= 0.3 is 0 Å². The van der Waals surface area contributed by atoms with Gasteiger partial charge in [-0.2, -0.15) is 0 Å². The number of rotatable bonds is 8. The van der Waals surface area contributed by atoms with E-state index in [1.807, 2.05) is 37.3 Å². The van der Waals surface area contributed by atoms with Gasteiger partial charge in [-0.15, -0.1) is 0 Å². The summed E-state index contributed by atoms with van der Waals surface area (Å²) in [7, 11) is 0. The summed E-state index contributed by atoms with van der Waals surface area (Å²) in [5.41, 5.74) is 2.87. The first-order chi connectivity index (χ1) is 13.1. The number of carbonyl (C=O) groups is 2. The lowest BCUT2D eigenvalue weighted by molar-refractivity contribution is -0.120. The summed E-state index contributed by atoms with van der Waals surface area (Å²) >= 11 is 0. The number of para-hydroxylation sites is 1. The molecule has 0 aliphatic heterocycles. The molecule has 5 nitrogen and oxygen atoms in total. The predicted molar refractivity (Wildman–Crippen MR) is 108 cm³/mol. The smallest absolute Gasteiger partial charge is 0.251 e. The minimum atomic E-state index is -0.147. The maximum absolute atomic E-state index is 12.0. The maximum atomic E-state index is 12.0. The average Bonchev–Trinajstić information content (AvgIpc) is 3.08. The summed E-state index contributed by atoms with van der Waals surface area (Å²) in [5, 5.41) is 6.93. The summed E-state index contributed by atoms with van der Waals surface area (Å²) in [6.45, 7) is 3.76. The van der Waals surface area contributed by atoms with Gasteiger partial charge in [0.05, 0.1) is 0 Å². The zero-order chi connectivity index (χ0) is 19.1. The van der Waals surface area contributed by atoms with Crippen molar-refractivity contribution in [1.29, 1.82) is 0 Å². The first-order valence-corrected chi connectivity index (χ1v) is 9.29. The molecule has 3 rings (SSSR count). The third kappa shape index (κ3) is 5.20. The van der Waals surface area contributed by atoms with E-state index in [-0.39, 0.29) is 18.2 Å². The first-order valence-electron chi connectivity index (χ1n) is 9.29. The van der Waals surface area contributed by atoms with Gasteiger partial charge in [-0.05, 0) is 43.0 Å². The Labute approximate surface area is 159 Å². The van der Waals surface area contributed by atoms with Gasteiger partial charge in [-0.3, -0.25) is 9.59 Å². The standard InChI is InChI=1S/C22H25N3O2/c1-17-6-4-8-19(16-17)22(27)24-13-10-21(26)23-12-5-14-25-15-11-18-7-2-3-9-20(18)25/h2-4,6-9,11,15-16H,5,10,12-14H2,1H3,(H,23,26)(H,24,27). The highest BCUT2D eigenvalue weighted by Gasteiger charge is 2.07. The van der Waals surface area contributed by atoms with Crippen LogP contribution in [0.25, 0.3) is 10.9 Å². The van der Waals surface area contributed by atoms with E-state index in [4.69, 9.17) is 0 Å². The van der Waals surface area contributed by atoms with Crippen molar-refractivity contribution in [3.8, 4) is 0 Å². The van der Waals surface area contributed by atoms with Crippen LogP contribution in [-0.2, 0) is 11.3 Å². The number of carbonyl (C=O) groups excluding carboxylic acids is 2. The molecule has 1 aromatic heterocycles. The Hall–Kier alpha value is -3.08. The molecule has 0 aliphatic rings. The summed E-state index contributed by atoms with van der Waals surface area (Å²) in [6, 6.07) is 17.8. The fourth-order valence-corrected chi connectivity index (χ4v) is 3.08. The summed E-state index contributed by atoms with van der Waals surface area (Å²) in [4.78, 5) is 24.0. The number of nitrogens with one attached hydrogen (secondary N) is 2.